The van der Waals surface area contributed by atoms with Crippen LogP contribution >= 0.6 is 0 Å². The third kappa shape index (κ3) is 8.63. The molecule has 5 aliphatic rings. The normalized spacial score (nSPS) is 23.0. The number of carbonyl (C=O) groups is 3. The van der Waals surface area contributed by atoms with E-state index in [-0.39, 0.29) is 40.4 Å². The fraction of sp³-hybridized carbons (Fsp3) is 0.500. The lowest BCUT2D eigenvalue weighted by Gasteiger charge is -2.56. The van der Waals surface area contributed by atoms with Crippen molar-refractivity contribution in [2.75, 3.05) is 62.7 Å². The van der Waals surface area contributed by atoms with Crippen molar-refractivity contribution in [2.45, 2.75) is 93.9 Å². The SMILES string of the molecule is CN(CC1(c2ccccc2)CCN(c2cnnc(-c3ccccc3O)c2)CC1)C(=O)C1CCN(CCC2CCN(c3ccc([C@H]4CCC(=O)NC4=O)cc3)CC2)C2(CCC2)C1. The molecular weight excluding hydrogens is 763 g/mol. The third-order valence-electron chi connectivity index (χ3n) is 15.2. The number of aromatic nitrogens is 2. The average Bonchev–Trinajstić information content (AvgIpc) is 3.28. The van der Waals surface area contributed by atoms with Crippen LogP contribution in [0.15, 0.2) is 91.1 Å². The van der Waals surface area contributed by atoms with Crippen LogP contribution in [0, 0.1) is 11.8 Å². The Labute approximate surface area is 360 Å². The number of likely N-dealkylation sites (N-methyl/N-ethyl adjacent to an activating group) is 1. The van der Waals surface area contributed by atoms with Gasteiger partial charge >= 0.3 is 0 Å². The summed E-state index contributed by atoms with van der Waals surface area (Å²) in [6.07, 6.45) is 13.8. The predicted molar refractivity (Wildman–Crippen MR) is 238 cm³/mol. The molecule has 3 aromatic carbocycles. The highest BCUT2D eigenvalue weighted by molar-refractivity contribution is 6.01. The van der Waals surface area contributed by atoms with E-state index in [2.05, 4.69) is 89.7 Å². The van der Waals surface area contributed by atoms with Crippen molar-refractivity contribution in [1.29, 1.82) is 0 Å². The lowest BCUT2D eigenvalue weighted by atomic mass is 9.66. The number of rotatable bonds is 11. The zero-order valence-corrected chi connectivity index (χ0v) is 35.7. The molecule has 5 heterocycles. The number of nitrogens with one attached hydrogen (secondary N) is 1. The Kier molecular flexibility index (Phi) is 11.8. The van der Waals surface area contributed by atoms with Crippen molar-refractivity contribution in [3.8, 4) is 17.0 Å². The first-order valence-electron chi connectivity index (χ1n) is 22.8. The molecule has 1 aliphatic carbocycles. The summed E-state index contributed by atoms with van der Waals surface area (Å²) in [5.41, 5.74) is 5.85. The zero-order chi connectivity index (χ0) is 42.0. The van der Waals surface area contributed by atoms with Crippen LogP contribution in [0.2, 0.25) is 0 Å². The van der Waals surface area contributed by atoms with Crippen LogP contribution in [-0.4, -0.2) is 101 Å². The van der Waals surface area contributed by atoms with Gasteiger partial charge in [-0.25, -0.2) is 0 Å². The summed E-state index contributed by atoms with van der Waals surface area (Å²) >= 11 is 0. The summed E-state index contributed by atoms with van der Waals surface area (Å²) in [5.74, 6) is 0.677. The van der Waals surface area contributed by atoms with Gasteiger partial charge in [0.05, 0.1) is 23.5 Å². The van der Waals surface area contributed by atoms with Gasteiger partial charge in [-0.2, -0.15) is 10.2 Å². The molecule has 2 N–H and O–H groups in total. The van der Waals surface area contributed by atoms with Crippen LogP contribution in [0.5, 0.6) is 5.75 Å². The smallest absolute Gasteiger partial charge is 0.234 e. The molecular formula is C50H61N7O4. The number of anilines is 2. The van der Waals surface area contributed by atoms with Crippen LogP contribution in [-0.2, 0) is 19.8 Å². The first kappa shape index (κ1) is 41.1. The van der Waals surface area contributed by atoms with E-state index in [0.717, 1.165) is 76.2 Å². The molecule has 2 atom stereocenters. The molecule has 4 aliphatic heterocycles. The van der Waals surface area contributed by atoms with E-state index >= 15 is 0 Å². The Morgan fingerprint density at radius 3 is 2.26 bits per heavy atom. The second kappa shape index (κ2) is 17.6. The molecule has 0 radical (unpaired) electrons. The van der Waals surface area contributed by atoms with Gasteiger partial charge in [-0.15, -0.1) is 0 Å². The summed E-state index contributed by atoms with van der Waals surface area (Å²) < 4.78 is 0. The Morgan fingerprint density at radius 2 is 1.56 bits per heavy atom. The largest absolute Gasteiger partial charge is 0.507 e. The van der Waals surface area contributed by atoms with Crippen LogP contribution < -0.4 is 15.1 Å². The molecule has 5 fully saturated rings. The number of likely N-dealkylation sites (tertiary alicyclic amines) is 1. The van der Waals surface area contributed by atoms with E-state index < -0.39 is 0 Å². The van der Waals surface area contributed by atoms with Crippen LogP contribution in [0.1, 0.15) is 94.1 Å². The number of amides is 3. The monoisotopic (exact) mass is 823 g/mol. The minimum absolute atomic E-state index is 0.0646. The Hall–Kier alpha value is -5.29. The molecule has 4 saturated heterocycles. The lowest BCUT2D eigenvalue weighted by molar-refractivity contribution is -0.141. The van der Waals surface area contributed by atoms with E-state index in [4.69, 9.17) is 0 Å². The number of phenols is 1. The molecule has 1 aromatic heterocycles. The highest BCUT2D eigenvalue weighted by Gasteiger charge is 2.49. The van der Waals surface area contributed by atoms with E-state index in [1.54, 1.807) is 6.07 Å². The lowest BCUT2D eigenvalue weighted by Crippen LogP contribution is -2.60. The zero-order valence-electron chi connectivity index (χ0n) is 35.7. The average molecular weight is 824 g/mol. The molecule has 61 heavy (non-hydrogen) atoms. The molecule has 11 heteroatoms. The summed E-state index contributed by atoms with van der Waals surface area (Å²) in [6, 6.07) is 28.5. The van der Waals surface area contributed by atoms with Crippen LogP contribution in [0.3, 0.4) is 0 Å². The van der Waals surface area contributed by atoms with Gasteiger partial charge in [-0.3, -0.25) is 24.6 Å². The van der Waals surface area contributed by atoms with Gasteiger partial charge in [0.25, 0.3) is 0 Å². The van der Waals surface area contributed by atoms with Gasteiger partial charge in [-0.05, 0) is 131 Å². The number of imide groups is 1. The number of piperidine rings is 4. The maximum absolute atomic E-state index is 14.5. The molecule has 1 saturated carbocycles. The van der Waals surface area contributed by atoms with Crippen molar-refractivity contribution in [3.63, 3.8) is 0 Å². The van der Waals surface area contributed by atoms with Crippen molar-refractivity contribution >= 4 is 29.1 Å². The first-order valence-corrected chi connectivity index (χ1v) is 22.8. The molecule has 3 amide bonds. The standard InChI is InChI=1S/C50H61N7O4/c1-54(35-49(39-8-3-2-4-9-39)24-30-56(31-25-49)41-32-44(53-51-34-41)43-10-5-6-11-45(43)58)48(61)38-21-29-57(50(33-38)22-7-23-50)28-20-36-18-26-55(27-19-36)40-14-12-37(13-15-40)42-16-17-46(59)52-47(42)60/h2-6,8-15,32,34,36,38,42,58H,7,16-31,33,35H2,1H3,(H,52,59,60)/t38?,42-/m1/s1. The van der Waals surface area contributed by atoms with Gasteiger partial charge < -0.3 is 19.8 Å². The topological polar surface area (TPSA) is 122 Å². The number of hydrogen-bond acceptors (Lipinski definition) is 9. The maximum atomic E-state index is 14.5. The van der Waals surface area contributed by atoms with Gasteiger partial charge in [0.1, 0.15) is 5.75 Å². The molecule has 11 nitrogen and oxygen atoms in total. The molecule has 1 unspecified atom stereocenters. The number of aromatic hydroxyl groups is 1. The number of phenolic OH excluding ortho intramolecular Hbond substituents is 1. The summed E-state index contributed by atoms with van der Waals surface area (Å²) in [4.78, 5) is 48.1. The van der Waals surface area contributed by atoms with Crippen molar-refractivity contribution in [2.24, 2.45) is 11.8 Å². The predicted octanol–water partition coefficient (Wildman–Crippen LogP) is 7.31. The van der Waals surface area contributed by atoms with Crippen molar-refractivity contribution in [1.82, 2.24) is 25.3 Å². The number of carbonyl (C=O) groups excluding carboxylic acids is 3. The van der Waals surface area contributed by atoms with Crippen LogP contribution in [0.4, 0.5) is 11.4 Å². The van der Waals surface area contributed by atoms with Gasteiger partial charge in [0, 0.05) is 74.3 Å². The first-order chi connectivity index (χ1) is 29.7. The van der Waals surface area contributed by atoms with E-state index in [1.165, 1.54) is 49.8 Å². The van der Waals surface area contributed by atoms with E-state index in [9.17, 15) is 19.5 Å². The fourth-order valence-corrected chi connectivity index (χ4v) is 11.4. The minimum Gasteiger partial charge on any atom is -0.507 e. The summed E-state index contributed by atoms with van der Waals surface area (Å²) in [5, 5.41) is 21.6. The number of benzene rings is 3. The van der Waals surface area contributed by atoms with Crippen molar-refractivity contribution in [3.05, 3.63) is 102 Å². The van der Waals surface area contributed by atoms with Crippen molar-refractivity contribution < 1.29 is 19.5 Å². The quantitative estimate of drug-likeness (QED) is 0.150. The van der Waals surface area contributed by atoms with E-state index in [1.807, 2.05) is 37.5 Å². The molecule has 1 spiro atoms. The Morgan fingerprint density at radius 1 is 0.836 bits per heavy atom. The fourth-order valence-electron chi connectivity index (χ4n) is 11.4. The molecule has 0 bridgehead atoms. The maximum Gasteiger partial charge on any atom is 0.234 e. The highest BCUT2D eigenvalue weighted by Crippen LogP contribution is 2.47. The Balaban J connectivity index is 0.781. The Bertz CT molecular complexity index is 2180. The molecule has 4 aromatic rings. The number of hydrogen-bond donors (Lipinski definition) is 2. The molecule has 320 valence electrons. The van der Waals surface area contributed by atoms with E-state index in [0.29, 0.717) is 42.5 Å². The van der Waals surface area contributed by atoms with Gasteiger partial charge in [-0.1, -0.05) is 54.6 Å². The van der Waals surface area contributed by atoms with Gasteiger partial charge in [0.2, 0.25) is 17.7 Å². The van der Waals surface area contributed by atoms with Gasteiger partial charge in [0.15, 0.2) is 0 Å². The second-order valence-electron chi connectivity index (χ2n) is 18.7. The summed E-state index contributed by atoms with van der Waals surface area (Å²) in [6.45, 7) is 6.59. The number of para-hydroxylation sites is 1. The minimum atomic E-state index is -0.243. The summed E-state index contributed by atoms with van der Waals surface area (Å²) in [7, 11) is 2.05. The van der Waals surface area contributed by atoms with Crippen LogP contribution in [0.25, 0.3) is 11.3 Å². The third-order valence-corrected chi connectivity index (χ3v) is 15.2. The second-order valence-corrected chi connectivity index (χ2v) is 18.7. The highest BCUT2D eigenvalue weighted by atomic mass is 16.3. The number of nitrogens with zero attached hydrogens (tertiary/aromatic N) is 6. The molecule has 9 rings (SSSR count).